The molecule has 0 unspecified atom stereocenters. The van der Waals surface area contributed by atoms with Crippen molar-refractivity contribution in [1.29, 1.82) is 10.5 Å². The fourth-order valence-corrected chi connectivity index (χ4v) is 8.22. The fourth-order valence-electron chi connectivity index (χ4n) is 7.30. The molecule has 1 N–H and O–H groups in total. The number of Topliss-reactive ketones (excluding diaryl/α,β-unsaturated/α-hetero) is 1. The molecular formula is C34H30N2O5S. The first-order chi connectivity index (χ1) is 20.3. The number of hydrogen-bond donors (Lipinski definition) is 1. The quantitative estimate of drug-likeness (QED) is 0.311. The summed E-state index contributed by atoms with van der Waals surface area (Å²) in [5.41, 5.74) is 3.21. The maximum Gasteiger partial charge on any atom is 0.341 e. The highest BCUT2D eigenvalue weighted by molar-refractivity contribution is 7.99. The lowest BCUT2D eigenvalue weighted by Crippen LogP contribution is -2.42. The van der Waals surface area contributed by atoms with E-state index in [-0.39, 0.29) is 5.41 Å². The number of carboxylic acids is 1. The smallest absolute Gasteiger partial charge is 0.341 e. The van der Waals surface area contributed by atoms with Gasteiger partial charge in [-0.05, 0) is 103 Å². The third-order valence-corrected chi connectivity index (χ3v) is 10.4. The lowest BCUT2D eigenvalue weighted by Gasteiger charge is -2.48. The molecule has 0 amide bonds. The molecule has 0 bridgehead atoms. The van der Waals surface area contributed by atoms with Gasteiger partial charge in [0.25, 0.3) is 0 Å². The number of hydrogen-bond acceptors (Lipinski definition) is 7. The van der Waals surface area contributed by atoms with Crippen molar-refractivity contribution < 1.29 is 24.2 Å². The maximum atomic E-state index is 12.7. The summed E-state index contributed by atoms with van der Waals surface area (Å²) in [6, 6.07) is 20.8. The van der Waals surface area contributed by atoms with Crippen molar-refractivity contribution in [3.63, 3.8) is 0 Å². The van der Waals surface area contributed by atoms with Gasteiger partial charge in [-0.1, -0.05) is 24.8 Å². The number of carbonyl (C=O) groups excluding carboxylic acids is 1. The van der Waals surface area contributed by atoms with E-state index in [0.29, 0.717) is 56.8 Å². The summed E-state index contributed by atoms with van der Waals surface area (Å²) in [4.78, 5) is 24.8. The van der Waals surface area contributed by atoms with Crippen LogP contribution >= 0.6 is 11.8 Å². The van der Waals surface area contributed by atoms with Gasteiger partial charge in [0, 0.05) is 27.7 Å². The van der Waals surface area contributed by atoms with Crippen molar-refractivity contribution in [2.75, 3.05) is 6.61 Å². The molecule has 0 aromatic heterocycles. The summed E-state index contributed by atoms with van der Waals surface area (Å²) < 4.78 is 11.4. The van der Waals surface area contributed by atoms with Crippen LogP contribution in [-0.2, 0) is 16.0 Å². The van der Waals surface area contributed by atoms with Crippen molar-refractivity contribution >= 4 is 23.5 Å². The number of ketones is 1. The van der Waals surface area contributed by atoms with Gasteiger partial charge in [-0.3, -0.25) is 4.79 Å². The lowest BCUT2D eigenvalue weighted by atomic mass is 9.55. The predicted molar refractivity (Wildman–Crippen MR) is 156 cm³/mol. The van der Waals surface area contributed by atoms with E-state index in [1.54, 1.807) is 36.4 Å². The van der Waals surface area contributed by atoms with Crippen LogP contribution < -0.4 is 9.47 Å². The molecule has 7 nitrogen and oxygen atoms in total. The molecule has 0 saturated heterocycles. The Morgan fingerprint density at radius 3 is 2.50 bits per heavy atom. The number of aliphatic carboxylic acids is 1. The zero-order valence-corrected chi connectivity index (χ0v) is 24.1. The van der Waals surface area contributed by atoms with Crippen molar-refractivity contribution in [3.8, 4) is 29.4 Å². The molecule has 212 valence electrons. The molecule has 6 rings (SSSR count). The zero-order valence-electron chi connectivity index (χ0n) is 23.3. The minimum absolute atomic E-state index is 0.141. The first-order valence-electron chi connectivity index (χ1n) is 14.2. The van der Waals surface area contributed by atoms with Crippen molar-refractivity contribution in [1.82, 2.24) is 0 Å². The summed E-state index contributed by atoms with van der Waals surface area (Å²) in [6.45, 7) is 1.77. The molecule has 3 aliphatic rings. The standard InChI is InChI=1S/C34H30N2O5S/c1-34-13-12-27-26-9-5-24(14-20(26)2-8-28(27)29(34)10-11-32(34)37)41-30-15-22(18-36)31(16-21(30)17-35)42-25-6-3-23(4-7-25)40-19-33(38)39/h3-7,9,14-16,27-29H,2,8,10-13,19H2,1H3,(H,38,39)/t27-,28-,29+,34+/m1/s1. The Labute approximate surface area is 249 Å². The predicted octanol–water partition coefficient (Wildman–Crippen LogP) is 7.26. The molecule has 0 radical (unpaired) electrons. The van der Waals surface area contributed by atoms with Gasteiger partial charge in [0.2, 0.25) is 0 Å². The van der Waals surface area contributed by atoms with E-state index < -0.39 is 12.6 Å². The van der Waals surface area contributed by atoms with Crippen molar-refractivity contribution in [2.45, 2.75) is 61.2 Å². The Kier molecular flexibility index (Phi) is 7.43. The van der Waals surface area contributed by atoms with Crippen LogP contribution in [-0.4, -0.2) is 23.5 Å². The summed E-state index contributed by atoms with van der Waals surface area (Å²) in [6.07, 6.45) is 5.77. The number of rotatable bonds is 7. The van der Waals surface area contributed by atoms with Gasteiger partial charge in [-0.25, -0.2) is 4.79 Å². The Balaban J connectivity index is 1.20. The lowest BCUT2D eigenvalue weighted by molar-refractivity contribution is -0.139. The van der Waals surface area contributed by atoms with E-state index in [4.69, 9.17) is 14.6 Å². The Morgan fingerprint density at radius 2 is 1.76 bits per heavy atom. The molecule has 2 saturated carbocycles. The van der Waals surface area contributed by atoms with E-state index in [2.05, 4.69) is 31.2 Å². The highest BCUT2D eigenvalue weighted by Gasteiger charge is 2.54. The Morgan fingerprint density at radius 1 is 1.00 bits per heavy atom. The minimum atomic E-state index is -1.05. The van der Waals surface area contributed by atoms with Gasteiger partial charge in [0.05, 0.1) is 11.1 Å². The number of carboxylic acid groups (broad SMARTS) is 1. The Hall–Kier alpha value is -4.27. The summed E-state index contributed by atoms with van der Waals surface area (Å²) in [7, 11) is 0. The molecule has 3 aliphatic carbocycles. The number of ether oxygens (including phenoxy) is 2. The van der Waals surface area contributed by atoms with Gasteiger partial charge >= 0.3 is 5.97 Å². The van der Waals surface area contributed by atoms with Crippen LogP contribution in [0.15, 0.2) is 64.4 Å². The second-order valence-corrected chi connectivity index (χ2v) is 12.7. The van der Waals surface area contributed by atoms with E-state index in [1.165, 1.54) is 22.9 Å². The molecule has 0 heterocycles. The molecule has 2 fully saturated rings. The highest BCUT2D eigenvalue weighted by Crippen LogP contribution is 2.59. The SMILES string of the molecule is C[C@]12CC[C@@H]3c4ccc(Oc5cc(C#N)c(Sc6ccc(OCC(=O)O)cc6)cc5C#N)cc4CC[C@H]3[C@@H]1CCC2=O. The molecule has 3 aromatic rings. The summed E-state index contributed by atoms with van der Waals surface area (Å²) in [5.74, 6) is 2.31. The number of nitriles is 2. The second-order valence-electron chi connectivity index (χ2n) is 11.6. The van der Waals surface area contributed by atoms with Crippen LogP contribution in [0.25, 0.3) is 0 Å². The van der Waals surface area contributed by atoms with E-state index in [0.717, 1.165) is 43.4 Å². The molecule has 0 spiro atoms. The van der Waals surface area contributed by atoms with E-state index >= 15 is 0 Å². The number of fused-ring (bicyclic) bond motifs is 5. The second kappa shape index (κ2) is 11.2. The average molecular weight is 579 g/mol. The van der Waals surface area contributed by atoms with Crippen LogP contribution in [0.3, 0.4) is 0 Å². The normalized spacial score (nSPS) is 24.0. The Bertz CT molecular complexity index is 1650. The number of benzene rings is 3. The van der Waals surface area contributed by atoms with Crippen molar-refractivity contribution in [2.24, 2.45) is 17.3 Å². The largest absolute Gasteiger partial charge is 0.482 e. The van der Waals surface area contributed by atoms with Gasteiger partial charge in [0.1, 0.15) is 35.2 Å². The highest BCUT2D eigenvalue weighted by atomic mass is 32.2. The molecule has 42 heavy (non-hydrogen) atoms. The summed E-state index contributed by atoms with van der Waals surface area (Å²) >= 11 is 1.33. The topological polar surface area (TPSA) is 120 Å². The minimum Gasteiger partial charge on any atom is -0.482 e. The van der Waals surface area contributed by atoms with Crippen LogP contribution in [0, 0.1) is 39.9 Å². The van der Waals surface area contributed by atoms with Crippen LogP contribution in [0.4, 0.5) is 0 Å². The summed E-state index contributed by atoms with van der Waals surface area (Å²) in [5, 5.41) is 28.6. The third-order valence-electron chi connectivity index (χ3n) is 9.37. The van der Waals surface area contributed by atoms with Gasteiger partial charge in [-0.15, -0.1) is 0 Å². The molecular weight excluding hydrogens is 548 g/mol. The van der Waals surface area contributed by atoms with Crippen LogP contribution in [0.5, 0.6) is 17.2 Å². The van der Waals surface area contributed by atoms with Crippen LogP contribution in [0.2, 0.25) is 0 Å². The van der Waals surface area contributed by atoms with Gasteiger partial charge < -0.3 is 14.6 Å². The molecule has 4 atom stereocenters. The molecule has 0 aliphatic heterocycles. The molecule has 8 heteroatoms. The fraction of sp³-hybridized carbons (Fsp3) is 0.353. The third kappa shape index (κ3) is 5.12. The number of aryl methyl sites for hydroxylation is 1. The number of carbonyl (C=O) groups is 2. The monoisotopic (exact) mass is 578 g/mol. The van der Waals surface area contributed by atoms with Gasteiger partial charge in [-0.2, -0.15) is 10.5 Å². The first-order valence-corrected chi connectivity index (χ1v) is 15.1. The maximum absolute atomic E-state index is 12.7. The van der Waals surface area contributed by atoms with Gasteiger partial charge in [0.15, 0.2) is 6.61 Å². The zero-order chi connectivity index (χ0) is 29.4. The van der Waals surface area contributed by atoms with E-state index in [1.807, 2.05) is 6.07 Å². The van der Waals surface area contributed by atoms with E-state index in [9.17, 15) is 20.1 Å². The van der Waals surface area contributed by atoms with Crippen molar-refractivity contribution in [3.05, 3.63) is 76.9 Å². The number of nitrogens with zero attached hydrogens (tertiary/aromatic N) is 2. The molecule has 3 aromatic carbocycles. The first kappa shape index (κ1) is 27.9. The van der Waals surface area contributed by atoms with Crippen LogP contribution in [0.1, 0.15) is 67.2 Å². The average Bonchev–Trinajstić information content (AvgIpc) is 3.30.